The number of benzene rings is 1. The summed E-state index contributed by atoms with van der Waals surface area (Å²) in [5.74, 6) is 0.726. The number of aryl methyl sites for hydroxylation is 1. The van der Waals surface area contributed by atoms with Gasteiger partial charge in [-0.05, 0) is 24.5 Å². The van der Waals surface area contributed by atoms with Gasteiger partial charge in [-0.15, -0.1) is 0 Å². The molecule has 0 atom stereocenters. The second-order valence-corrected chi connectivity index (χ2v) is 8.94. The van der Waals surface area contributed by atoms with Gasteiger partial charge in [0.1, 0.15) is 5.54 Å². The Labute approximate surface area is 192 Å². The third-order valence-corrected chi connectivity index (χ3v) is 6.54. The van der Waals surface area contributed by atoms with Crippen LogP contribution in [0.15, 0.2) is 22.7 Å². The molecule has 1 fully saturated rings. The maximum Gasteiger partial charge on any atom is 0.227 e. The minimum absolute atomic E-state index is 0.0677. The molecule has 1 aromatic heterocycles. The lowest BCUT2D eigenvalue weighted by atomic mass is 9.89. The number of halogens is 2. The van der Waals surface area contributed by atoms with Crippen LogP contribution in [0.3, 0.4) is 0 Å². The number of aromatic nitrogens is 2. The van der Waals surface area contributed by atoms with Crippen molar-refractivity contribution in [2.75, 3.05) is 7.05 Å². The van der Waals surface area contributed by atoms with Crippen LogP contribution in [0.4, 0.5) is 0 Å². The quantitative estimate of drug-likeness (QED) is 0.599. The lowest BCUT2D eigenvalue weighted by Gasteiger charge is -2.30. The molecule has 1 heterocycles. The standard InChI is InChI=1S/C22H28Cl2N4O3/c1-15(29)26-22(12-5-3-4-6-13-22)21-25-18(31-27-21)10-11-19(30)28(2)14-16-8-7-9-17(23)20(16)24/h7-9H,3-6,10-14H2,1-2H3,(H,26,29). The average molecular weight is 467 g/mol. The second kappa shape index (κ2) is 10.5. The van der Waals surface area contributed by atoms with Crippen molar-refractivity contribution in [1.29, 1.82) is 0 Å². The van der Waals surface area contributed by atoms with Crippen LogP contribution in [0.2, 0.25) is 10.0 Å². The monoisotopic (exact) mass is 466 g/mol. The van der Waals surface area contributed by atoms with E-state index in [0.29, 0.717) is 34.7 Å². The van der Waals surface area contributed by atoms with E-state index in [1.165, 1.54) is 6.92 Å². The number of hydrogen-bond donors (Lipinski definition) is 1. The van der Waals surface area contributed by atoms with E-state index in [0.717, 1.165) is 44.1 Å². The summed E-state index contributed by atoms with van der Waals surface area (Å²) in [6.07, 6.45) is 6.38. The molecule has 31 heavy (non-hydrogen) atoms. The Morgan fingerprint density at radius 2 is 1.90 bits per heavy atom. The van der Waals surface area contributed by atoms with Gasteiger partial charge in [-0.25, -0.2) is 0 Å². The number of hydrogen-bond acceptors (Lipinski definition) is 5. The fourth-order valence-corrected chi connectivity index (χ4v) is 4.42. The van der Waals surface area contributed by atoms with Crippen molar-refractivity contribution in [3.63, 3.8) is 0 Å². The zero-order valence-corrected chi connectivity index (χ0v) is 19.4. The normalized spacial score (nSPS) is 15.9. The van der Waals surface area contributed by atoms with Crippen LogP contribution in [-0.4, -0.2) is 33.9 Å². The number of carbonyl (C=O) groups excluding carboxylic acids is 2. The van der Waals surface area contributed by atoms with E-state index < -0.39 is 5.54 Å². The molecular weight excluding hydrogens is 439 g/mol. The first-order valence-electron chi connectivity index (χ1n) is 10.6. The van der Waals surface area contributed by atoms with Crippen molar-refractivity contribution in [3.8, 4) is 0 Å². The molecule has 2 aromatic rings. The Hall–Kier alpha value is -2.12. The first kappa shape index (κ1) is 23.5. The molecular formula is C22H28Cl2N4O3. The highest BCUT2D eigenvalue weighted by molar-refractivity contribution is 6.42. The minimum Gasteiger partial charge on any atom is -0.343 e. The van der Waals surface area contributed by atoms with Crippen molar-refractivity contribution >= 4 is 35.0 Å². The Bertz CT molecular complexity index is 923. The van der Waals surface area contributed by atoms with Gasteiger partial charge in [-0.3, -0.25) is 9.59 Å². The first-order valence-corrected chi connectivity index (χ1v) is 11.3. The number of nitrogens with one attached hydrogen (secondary N) is 1. The average Bonchev–Trinajstić information content (AvgIpc) is 3.09. The zero-order chi connectivity index (χ0) is 22.4. The molecule has 3 rings (SSSR count). The van der Waals surface area contributed by atoms with Crippen LogP contribution in [0.25, 0.3) is 0 Å². The highest BCUT2D eigenvalue weighted by Gasteiger charge is 2.38. The van der Waals surface area contributed by atoms with Gasteiger partial charge in [0.15, 0.2) is 5.82 Å². The van der Waals surface area contributed by atoms with E-state index in [-0.39, 0.29) is 18.2 Å². The van der Waals surface area contributed by atoms with Gasteiger partial charge in [-0.2, -0.15) is 4.98 Å². The maximum absolute atomic E-state index is 12.6. The van der Waals surface area contributed by atoms with Gasteiger partial charge in [0.25, 0.3) is 0 Å². The summed E-state index contributed by atoms with van der Waals surface area (Å²) in [4.78, 5) is 30.5. The zero-order valence-electron chi connectivity index (χ0n) is 17.9. The van der Waals surface area contributed by atoms with E-state index in [4.69, 9.17) is 27.7 Å². The van der Waals surface area contributed by atoms with Crippen molar-refractivity contribution in [2.24, 2.45) is 0 Å². The number of carbonyl (C=O) groups is 2. The number of amides is 2. The summed E-state index contributed by atoms with van der Waals surface area (Å²) in [5, 5.41) is 8.14. The Balaban J connectivity index is 1.62. The molecule has 7 nitrogen and oxygen atoms in total. The molecule has 1 saturated carbocycles. The van der Waals surface area contributed by atoms with Gasteiger partial charge in [0.2, 0.25) is 17.7 Å². The summed E-state index contributed by atoms with van der Waals surface area (Å²) < 4.78 is 5.43. The van der Waals surface area contributed by atoms with Gasteiger partial charge in [0.05, 0.1) is 10.0 Å². The topological polar surface area (TPSA) is 88.3 Å². The second-order valence-electron chi connectivity index (χ2n) is 8.15. The molecule has 0 radical (unpaired) electrons. The SMILES string of the molecule is CC(=O)NC1(c2noc(CCC(=O)N(C)Cc3cccc(Cl)c3Cl)n2)CCCCCC1. The Morgan fingerprint density at radius 3 is 2.58 bits per heavy atom. The molecule has 168 valence electrons. The molecule has 0 unspecified atom stereocenters. The van der Waals surface area contributed by atoms with Gasteiger partial charge in [0, 0.05) is 33.4 Å². The molecule has 0 saturated heterocycles. The van der Waals surface area contributed by atoms with Crippen molar-refractivity contribution in [3.05, 3.63) is 45.5 Å². The third-order valence-electron chi connectivity index (χ3n) is 5.69. The van der Waals surface area contributed by atoms with Crippen molar-refractivity contribution in [1.82, 2.24) is 20.4 Å². The van der Waals surface area contributed by atoms with E-state index in [1.54, 1.807) is 24.1 Å². The van der Waals surface area contributed by atoms with Crippen LogP contribution in [-0.2, 0) is 28.1 Å². The smallest absolute Gasteiger partial charge is 0.227 e. The summed E-state index contributed by atoms with van der Waals surface area (Å²) in [6, 6.07) is 5.36. The summed E-state index contributed by atoms with van der Waals surface area (Å²) in [6.45, 7) is 1.87. The maximum atomic E-state index is 12.6. The lowest BCUT2D eigenvalue weighted by Crippen LogP contribution is -2.45. The first-order chi connectivity index (χ1) is 14.8. The van der Waals surface area contributed by atoms with Crippen molar-refractivity contribution in [2.45, 2.75) is 70.4 Å². The van der Waals surface area contributed by atoms with Crippen LogP contribution in [0.1, 0.15) is 69.1 Å². The fraction of sp³-hybridized carbons (Fsp3) is 0.545. The molecule has 1 N–H and O–H groups in total. The van der Waals surface area contributed by atoms with E-state index in [9.17, 15) is 9.59 Å². The highest BCUT2D eigenvalue weighted by Crippen LogP contribution is 2.34. The van der Waals surface area contributed by atoms with Gasteiger partial charge < -0.3 is 14.7 Å². The van der Waals surface area contributed by atoms with Gasteiger partial charge >= 0.3 is 0 Å². The molecule has 0 aliphatic heterocycles. The predicted octanol–water partition coefficient (Wildman–Crippen LogP) is 4.65. The molecule has 2 amide bonds. The molecule has 1 aromatic carbocycles. The molecule has 1 aliphatic carbocycles. The van der Waals surface area contributed by atoms with E-state index in [1.807, 2.05) is 6.07 Å². The lowest BCUT2D eigenvalue weighted by molar-refractivity contribution is -0.130. The molecule has 0 spiro atoms. The van der Waals surface area contributed by atoms with Crippen LogP contribution >= 0.6 is 23.2 Å². The Morgan fingerprint density at radius 1 is 1.19 bits per heavy atom. The summed E-state index contributed by atoms with van der Waals surface area (Å²) in [7, 11) is 1.72. The molecule has 1 aliphatic rings. The Kier molecular flexibility index (Phi) is 7.94. The predicted molar refractivity (Wildman–Crippen MR) is 119 cm³/mol. The van der Waals surface area contributed by atoms with Gasteiger partial charge in [-0.1, -0.05) is 66.2 Å². The van der Waals surface area contributed by atoms with E-state index >= 15 is 0 Å². The van der Waals surface area contributed by atoms with Crippen molar-refractivity contribution < 1.29 is 14.1 Å². The summed E-state index contributed by atoms with van der Waals surface area (Å²) >= 11 is 12.3. The fourth-order valence-electron chi connectivity index (χ4n) is 4.04. The number of rotatable bonds is 7. The van der Waals surface area contributed by atoms with E-state index in [2.05, 4.69) is 15.5 Å². The third kappa shape index (κ3) is 5.98. The van der Waals surface area contributed by atoms with Crippen LogP contribution in [0.5, 0.6) is 0 Å². The van der Waals surface area contributed by atoms with Crippen LogP contribution in [0, 0.1) is 0 Å². The molecule has 0 bridgehead atoms. The molecule has 9 heteroatoms. The van der Waals surface area contributed by atoms with Crippen LogP contribution < -0.4 is 5.32 Å². The largest absolute Gasteiger partial charge is 0.343 e. The summed E-state index contributed by atoms with van der Waals surface area (Å²) in [5.41, 5.74) is 0.199. The highest BCUT2D eigenvalue weighted by atomic mass is 35.5. The minimum atomic E-state index is -0.589. The number of nitrogens with zero attached hydrogens (tertiary/aromatic N) is 3.